The van der Waals surface area contributed by atoms with E-state index in [-0.39, 0.29) is 0 Å². The molecule has 0 aromatic heterocycles. The molecule has 0 radical (unpaired) electrons. The van der Waals surface area contributed by atoms with Gasteiger partial charge >= 0.3 is 0 Å². The predicted octanol–water partition coefficient (Wildman–Crippen LogP) is 1.38. The molecule has 0 aliphatic carbocycles. The predicted molar refractivity (Wildman–Crippen MR) is 68.0 cm³/mol. The van der Waals surface area contributed by atoms with E-state index in [9.17, 15) is 0 Å². The first-order chi connectivity index (χ1) is 6.72. The van der Waals surface area contributed by atoms with Crippen LogP contribution in [0.25, 0.3) is 0 Å². The van der Waals surface area contributed by atoms with Crippen molar-refractivity contribution in [1.82, 2.24) is 10.6 Å². The summed E-state index contributed by atoms with van der Waals surface area (Å²) in [5.41, 5.74) is 1.18. The Hall–Kier alpha value is -0.400. The molecule has 4 heteroatoms. The second-order valence-corrected chi connectivity index (χ2v) is 3.71. The smallest absolute Gasteiger partial charge is 0.0361 e. The molecule has 1 atom stereocenters. The highest BCUT2D eigenvalue weighted by Crippen LogP contribution is 2.06. The molecule has 14 heavy (non-hydrogen) atoms. The van der Waals surface area contributed by atoms with Crippen LogP contribution < -0.4 is 10.6 Å². The van der Waals surface area contributed by atoms with Gasteiger partial charge in [-0.25, -0.2) is 0 Å². The van der Waals surface area contributed by atoms with E-state index in [2.05, 4.69) is 31.8 Å². The molecular weight excluding hydrogens is 193 g/mol. The van der Waals surface area contributed by atoms with Crippen molar-refractivity contribution in [3.63, 3.8) is 0 Å². The van der Waals surface area contributed by atoms with Crippen LogP contribution in [-0.2, 0) is 0 Å². The van der Waals surface area contributed by atoms with Crippen LogP contribution in [0.3, 0.4) is 0 Å². The molecule has 0 amide bonds. The minimum atomic E-state index is 0.838. The maximum Gasteiger partial charge on any atom is 0.0361 e. The highest BCUT2D eigenvalue weighted by molar-refractivity contribution is 7.24. The van der Waals surface area contributed by atoms with Gasteiger partial charge in [-0.1, -0.05) is 0 Å². The summed E-state index contributed by atoms with van der Waals surface area (Å²) in [5, 5.41) is 7.61. The zero-order chi connectivity index (χ0) is 10.8. The first kappa shape index (κ1) is 13.6. The summed E-state index contributed by atoms with van der Waals surface area (Å²) in [7, 11) is 4.67. The maximum absolute atomic E-state index is 4.18. The third kappa shape index (κ3) is 7.05. The molecule has 82 valence electrons. The largest absolute Gasteiger partial charge is 0.388 e. The summed E-state index contributed by atoms with van der Waals surface area (Å²) in [6.45, 7) is 7.00. The van der Waals surface area contributed by atoms with Crippen molar-refractivity contribution >= 4 is 15.5 Å². The van der Waals surface area contributed by atoms with Crippen LogP contribution in [0.15, 0.2) is 16.0 Å². The molecule has 0 spiro atoms. The second kappa shape index (κ2) is 9.17. The van der Waals surface area contributed by atoms with Crippen LogP contribution in [0.2, 0.25) is 0 Å². The molecular formula is C10H22N3P. The van der Waals surface area contributed by atoms with Crippen LogP contribution in [0, 0.1) is 0 Å². The van der Waals surface area contributed by atoms with Gasteiger partial charge in [0, 0.05) is 30.3 Å². The maximum atomic E-state index is 4.18. The molecule has 0 aromatic carbocycles. The summed E-state index contributed by atoms with van der Waals surface area (Å²) < 4.78 is 0. The molecule has 0 rings (SSSR count). The van der Waals surface area contributed by atoms with Crippen molar-refractivity contribution in [3.8, 4) is 0 Å². The highest BCUT2D eigenvalue weighted by atomic mass is 31.0. The summed E-state index contributed by atoms with van der Waals surface area (Å²) in [5.74, 6) is 0. The van der Waals surface area contributed by atoms with Crippen LogP contribution in [0.4, 0.5) is 0 Å². The number of allylic oxidation sites excluding steroid dienone is 2. The normalized spacial score (nSPS) is 13.1. The number of hydrogen-bond donors (Lipinski definition) is 2. The lowest BCUT2D eigenvalue weighted by molar-refractivity contribution is 0.676. The van der Waals surface area contributed by atoms with Gasteiger partial charge in [0.1, 0.15) is 0 Å². The molecule has 0 saturated heterocycles. The fourth-order valence-corrected chi connectivity index (χ4v) is 1.14. The fourth-order valence-electron chi connectivity index (χ4n) is 0.930. The van der Waals surface area contributed by atoms with Crippen molar-refractivity contribution < 1.29 is 0 Å². The third-order valence-corrected chi connectivity index (χ3v) is 2.42. The number of nitrogens with one attached hydrogen (secondary N) is 2. The van der Waals surface area contributed by atoms with Gasteiger partial charge in [-0.15, -0.1) is 9.24 Å². The molecule has 0 bridgehead atoms. The van der Waals surface area contributed by atoms with Crippen molar-refractivity contribution in [2.24, 2.45) is 4.99 Å². The zero-order valence-electron chi connectivity index (χ0n) is 9.43. The van der Waals surface area contributed by atoms with Gasteiger partial charge in [-0.05, 0) is 33.9 Å². The Bertz CT molecular complexity index is 200. The molecule has 0 aliphatic heterocycles. The van der Waals surface area contributed by atoms with E-state index in [0.29, 0.717) is 0 Å². The lowest BCUT2D eigenvalue weighted by Crippen LogP contribution is -2.18. The van der Waals surface area contributed by atoms with Gasteiger partial charge in [0.05, 0.1) is 0 Å². The standard InChI is InChI=1S/C10H22N3P/c1-4-12-8-10(14)9(2)13-7-5-6-11-3/h8,11,13H,4-7,14H2,1-3H3/b10-9+,12-8?. The van der Waals surface area contributed by atoms with Crippen LogP contribution in [0.1, 0.15) is 20.3 Å². The molecule has 0 fully saturated rings. The van der Waals surface area contributed by atoms with E-state index in [1.807, 2.05) is 20.2 Å². The Morgan fingerprint density at radius 2 is 2.14 bits per heavy atom. The lowest BCUT2D eigenvalue weighted by Gasteiger charge is -2.07. The van der Waals surface area contributed by atoms with E-state index >= 15 is 0 Å². The van der Waals surface area contributed by atoms with Crippen LogP contribution in [0.5, 0.6) is 0 Å². The Morgan fingerprint density at radius 1 is 1.43 bits per heavy atom. The first-order valence-electron chi connectivity index (χ1n) is 5.07. The monoisotopic (exact) mass is 215 g/mol. The van der Waals surface area contributed by atoms with Crippen molar-refractivity contribution in [1.29, 1.82) is 0 Å². The minimum Gasteiger partial charge on any atom is -0.388 e. The Balaban J connectivity index is 3.79. The number of rotatable bonds is 7. The minimum absolute atomic E-state index is 0.838. The van der Waals surface area contributed by atoms with E-state index in [1.54, 1.807) is 0 Å². The fraction of sp³-hybridized carbons (Fsp3) is 0.700. The van der Waals surface area contributed by atoms with Gasteiger partial charge in [0.15, 0.2) is 0 Å². The lowest BCUT2D eigenvalue weighted by atomic mass is 10.3. The average Bonchev–Trinajstić information content (AvgIpc) is 2.20. The van der Waals surface area contributed by atoms with Crippen molar-refractivity contribution in [2.75, 3.05) is 26.7 Å². The van der Waals surface area contributed by atoms with E-state index < -0.39 is 0 Å². The van der Waals surface area contributed by atoms with Gasteiger partial charge in [-0.3, -0.25) is 4.99 Å². The third-order valence-electron chi connectivity index (χ3n) is 1.84. The molecule has 0 aromatic rings. The van der Waals surface area contributed by atoms with Gasteiger partial charge in [0.2, 0.25) is 0 Å². The highest BCUT2D eigenvalue weighted by Gasteiger charge is 1.92. The van der Waals surface area contributed by atoms with E-state index in [0.717, 1.165) is 31.4 Å². The Morgan fingerprint density at radius 3 is 2.71 bits per heavy atom. The molecule has 0 heterocycles. The number of hydrogen-bond acceptors (Lipinski definition) is 3. The summed E-state index contributed by atoms with van der Waals surface area (Å²) in [6.07, 6.45) is 3.03. The SMILES string of the molecule is CCN=C/C(P)=C(/C)NCCCNC. The summed E-state index contributed by atoms with van der Waals surface area (Å²) in [4.78, 5) is 4.18. The molecule has 1 unspecified atom stereocenters. The van der Waals surface area contributed by atoms with Crippen LogP contribution in [-0.4, -0.2) is 32.9 Å². The van der Waals surface area contributed by atoms with Gasteiger partial charge in [0.25, 0.3) is 0 Å². The number of nitrogens with zero attached hydrogens (tertiary/aromatic N) is 1. The van der Waals surface area contributed by atoms with E-state index in [1.165, 1.54) is 5.70 Å². The quantitative estimate of drug-likeness (QED) is 0.382. The topological polar surface area (TPSA) is 36.4 Å². The molecule has 0 aliphatic rings. The van der Waals surface area contributed by atoms with Gasteiger partial charge < -0.3 is 10.6 Å². The molecule has 2 N–H and O–H groups in total. The summed E-state index contributed by atoms with van der Waals surface area (Å²) in [6, 6.07) is 0. The van der Waals surface area contributed by atoms with Crippen molar-refractivity contribution in [2.45, 2.75) is 20.3 Å². The second-order valence-electron chi connectivity index (χ2n) is 3.09. The Labute approximate surface area is 89.7 Å². The first-order valence-corrected chi connectivity index (χ1v) is 5.64. The van der Waals surface area contributed by atoms with Gasteiger partial charge in [-0.2, -0.15) is 0 Å². The molecule has 0 saturated carbocycles. The number of aliphatic imine (C=N–C) groups is 1. The van der Waals surface area contributed by atoms with E-state index in [4.69, 9.17) is 0 Å². The zero-order valence-corrected chi connectivity index (χ0v) is 10.6. The van der Waals surface area contributed by atoms with Crippen LogP contribution >= 0.6 is 9.24 Å². The molecule has 3 nitrogen and oxygen atoms in total. The van der Waals surface area contributed by atoms with Crippen molar-refractivity contribution in [3.05, 3.63) is 11.0 Å². The Kier molecular flexibility index (Phi) is 8.90. The average molecular weight is 215 g/mol. The summed E-state index contributed by atoms with van der Waals surface area (Å²) >= 11 is 0.